The Labute approximate surface area is 117 Å². The molecule has 0 saturated heterocycles. The smallest absolute Gasteiger partial charge is 0.270 e. The Morgan fingerprint density at radius 1 is 1.40 bits per heavy atom. The molecule has 4 N–H and O–H groups in total. The van der Waals surface area contributed by atoms with E-state index in [-0.39, 0.29) is 10.6 Å². The Morgan fingerprint density at radius 2 is 2.00 bits per heavy atom. The highest BCUT2D eigenvalue weighted by Crippen LogP contribution is 2.26. The molecule has 1 atom stereocenters. The van der Waals surface area contributed by atoms with Crippen LogP contribution < -0.4 is 10.9 Å². The van der Waals surface area contributed by atoms with Crippen LogP contribution in [0.15, 0.2) is 23.1 Å². The predicted molar refractivity (Wildman–Crippen MR) is 74.6 cm³/mol. The quantitative estimate of drug-likeness (QED) is 0.569. The molecule has 0 fully saturated rings. The van der Waals surface area contributed by atoms with Gasteiger partial charge >= 0.3 is 0 Å². The fraction of sp³-hybridized carbons (Fsp3) is 0.455. The Bertz CT molecular complexity index is 600. The van der Waals surface area contributed by atoms with Gasteiger partial charge in [0.1, 0.15) is 0 Å². The number of hydrogen-bond donors (Lipinski definition) is 2. The minimum absolute atomic E-state index is 0.292. The van der Waals surface area contributed by atoms with Crippen molar-refractivity contribution in [1.82, 2.24) is 4.90 Å². The van der Waals surface area contributed by atoms with E-state index in [1.165, 1.54) is 12.1 Å². The molecule has 1 aromatic carbocycles. The van der Waals surface area contributed by atoms with E-state index in [4.69, 9.17) is 10.9 Å². The van der Waals surface area contributed by atoms with E-state index in [1.807, 2.05) is 19.0 Å². The van der Waals surface area contributed by atoms with Crippen molar-refractivity contribution in [3.8, 4) is 0 Å². The maximum atomic E-state index is 11.6. The lowest BCUT2D eigenvalue weighted by atomic mass is 10.0. The lowest BCUT2D eigenvalue weighted by Gasteiger charge is -2.17. The number of sulfonamides is 1. The Balaban J connectivity index is 3.22. The highest BCUT2D eigenvalue weighted by atomic mass is 32.2. The molecule has 0 heterocycles. The van der Waals surface area contributed by atoms with Gasteiger partial charge in [0.05, 0.1) is 9.82 Å². The number of nitrogens with two attached hydrogens (primary N) is 2. The summed E-state index contributed by atoms with van der Waals surface area (Å²) in [6.45, 7) is 0.655. The van der Waals surface area contributed by atoms with Crippen LogP contribution in [-0.2, 0) is 10.0 Å². The molecule has 1 rings (SSSR count). The molecule has 0 saturated carbocycles. The van der Waals surface area contributed by atoms with Gasteiger partial charge in [0.15, 0.2) is 0 Å². The maximum Gasteiger partial charge on any atom is 0.270 e. The average molecular weight is 302 g/mol. The first kappa shape index (κ1) is 16.5. The summed E-state index contributed by atoms with van der Waals surface area (Å²) in [5.41, 5.74) is 5.91. The van der Waals surface area contributed by atoms with E-state index < -0.39 is 21.0 Å². The molecule has 8 nitrogen and oxygen atoms in total. The maximum absolute atomic E-state index is 11.6. The van der Waals surface area contributed by atoms with Gasteiger partial charge in [0.25, 0.3) is 5.69 Å². The van der Waals surface area contributed by atoms with E-state index in [9.17, 15) is 18.5 Å². The Morgan fingerprint density at radius 3 is 2.45 bits per heavy atom. The van der Waals surface area contributed by atoms with Crippen molar-refractivity contribution < 1.29 is 13.3 Å². The third-order valence-electron chi connectivity index (χ3n) is 2.80. The topological polar surface area (TPSA) is 133 Å². The summed E-state index contributed by atoms with van der Waals surface area (Å²) in [5.74, 6) is 0. The molecule has 0 amide bonds. The SMILES string of the molecule is CN(C)CCC(N)c1ccc([N+](=O)[O-])cc1S(N)(=O)=O. The number of nitro benzene ring substituents is 1. The lowest BCUT2D eigenvalue weighted by molar-refractivity contribution is -0.385. The van der Waals surface area contributed by atoms with Crippen molar-refractivity contribution >= 4 is 15.7 Å². The number of rotatable bonds is 6. The van der Waals surface area contributed by atoms with Gasteiger partial charge in [-0.1, -0.05) is 0 Å². The zero-order valence-corrected chi connectivity index (χ0v) is 12.1. The second-order valence-corrected chi connectivity index (χ2v) is 6.25. The summed E-state index contributed by atoms with van der Waals surface area (Å²) in [6.07, 6.45) is 0.507. The molecule has 0 aliphatic carbocycles. The van der Waals surface area contributed by atoms with Gasteiger partial charge in [-0.15, -0.1) is 0 Å². The van der Waals surface area contributed by atoms with Crippen molar-refractivity contribution in [3.05, 3.63) is 33.9 Å². The van der Waals surface area contributed by atoms with Crippen molar-refractivity contribution in [2.24, 2.45) is 10.9 Å². The van der Waals surface area contributed by atoms with Crippen molar-refractivity contribution in [1.29, 1.82) is 0 Å². The second kappa shape index (κ2) is 6.27. The van der Waals surface area contributed by atoms with Crippen LogP contribution in [-0.4, -0.2) is 38.9 Å². The standard InChI is InChI=1S/C11H18N4O4S/c1-14(2)6-5-10(12)9-4-3-8(15(16)17)7-11(9)20(13,18)19/h3-4,7,10H,5-6,12H2,1-2H3,(H2,13,18,19). The largest absolute Gasteiger partial charge is 0.324 e. The van der Waals surface area contributed by atoms with Gasteiger partial charge in [-0.2, -0.15) is 0 Å². The molecule has 0 radical (unpaired) electrons. The first-order valence-corrected chi connectivity index (χ1v) is 7.39. The third kappa shape index (κ3) is 4.23. The molecule has 9 heteroatoms. The fourth-order valence-corrected chi connectivity index (χ4v) is 2.58. The number of hydrogen-bond acceptors (Lipinski definition) is 6. The van der Waals surface area contributed by atoms with Crippen molar-refractivity contribution in [2.75, 3.05) is 20.6 Å². The summed E-state index contributed by atoms with van der Waals surface area (Å²) >= 11 is 0. The zero-order valence-electron chi connectivity index (χ0n) is 11.3. The van der Waals surface area contributed by atoms with Crippen LogP contribution >= 0.6 is 0 Å². The molecule has 0 bridgehead atoms. The van der Waals surface area contributed by atoms with Crippen LogP contribution in [0.3, 0.4) is 0 Å². The highest BCUT2D eigenvalue weighted by molar-refractivity contribution is 7.89. The minimum atomic E-state index is -4.07. The summed E-state index contributed by atoms with van der Waals surface area (Å²) in [5, 5.41) is 15.8. The summed E-state index contributed by atoms with van der Waals surface area (Å²) < 4.78 is 23.1. The van der Waals surface area contributed by atoms with Crippen LogP contribution in [0.25, 0.3) is 0 Å². The average Bonchev–Trinajstić information content (AvgIpc) is 2.34. The fourth-order valence-electron chi connectivity index (χ4n) is 1.74. The molecule has 0 spiro atoms. The molecule has 112 valence electrons. The second-order valence-electron chi connectivity index (χ2n) is 4.72. The third-order valence-corrected chi connectivity index (χ3v) is 3.77. The van der Waals surface area contributed by atoms with Crippen molar-refractivity contribution in [3.63, 3.8) is 0 Å². The molecule has 1 aromatic rings. The molecule has 0 aliphatic heterocycles. The number of nitrogens with zero attached hydrogens (tertiary/aromatic N) is 2. The summed E-state index contributed by atoms with van der Waals surface area (Å²) in [7, 11) is -0.343. The van der Waals surface area contributed by atoms with Crippen LogP contribution in [0, 0.1) is 10.1 Å². The highest BCUT2D eigenvalue weighted by Gasteiger charge is 2.22. The molecule has 1 unspecified atom stereocenters. The van der Waals surface area contributed by atoms with E-state index >= 15 is 0 Å². The Hall–Kier alpha value is -1.55. The van der Waals surface area contributed by atoms with E-state index in [0.717, 1.165) is 6.07 Å². The van der Waals surface area contributed by atoms with Crippen LogP contribution in [0.1, 0.15) is 18.0 Å². The summed E-state index contributed by atoms with van der Waals surface area (Å²) in [4.78, 5) is 11.6. The molecular weight excluding hydrogens is 284 g/mol. The van der Waals surface area contributed by atoms with Crippen molar-refractivity contribution in [2.45, 2.75) is 17.4 Å². The van der Waals surface area contributed by atoms with E-state index in [2.05, 4.69) is 0 Å². The molecule has 20 heavy (non-hydrogen) atoms. The minimum Gasteiger partial charge on any atom is -0.324 e. The monoisotopic (exact) mass is 302 g/mol. The van der Waals surface area contributed by atoms with Gasteiger partial charge in [0.2, 0.25) is 10.0 Å². The zero-order chi connectivity index (χ0) is 15.5. The van der Waals surface area contributed by atoms with Gasteiger partial charge in [-0.3, -0.25) is 10.1 Å². The van der Waals surface area contributed by atoms with Gasteiger partial charge < -0.3 is 10.6 Å². The van der Waals surface area contributed by atoms with Gasteiger partial charge in [0, 0.05) is 18.2 Å². The van der Waals surface area contributed by atoms with Crippen LogP contribution in [0.4, 0.5) is 5.69 Å². The normalized spacial score (nSPS) is 13.4. The number of benzene rings is 1. The van der Waals surface area contributed by atoms with E-state index in [1.54, 1.807) is 0 Å². The Kier molecular flexibility index (Phi) is 5.17. The number of nitro groups is 1. The van der Waals surface area contributed by atoms with Crippen LogP contribution in [0.5, 0.6) is 0 Å². The van der Waals surface area contributed by atoms with Crippen LogP contribution in [0.2, 0.25) is 0 Å². The first-order valence-electron chi connectivity index (χ1n) is 5.84. The first-order chi connectivity index (χ1) is 9.12. The predicted octanol–water partition coefficient (Wildman–Crippen LogP) is 0.194. The summed E-state index contributed by atoms with van der Waals surface area (Å²) in [6, 6.07) is 2.95. The molecular formula is C11H18N4O4S. The molecule has 0 aliphatic rings. The number of non-ortho nitro benzene ring substituents is 1. The van der Waals surface area contributed by atoms with E-state index in [0.29, 0.717) is 18.5 Å². The van der Waals surface area contributed by atoms with Gasteiger partial charge in [-0.05, 0) is 38.7 Å². The molecule has 0 aromatic heterocycles. The van der Waals surface area contributed by atoms with Gasteiger partial charge in [-0.25, -0.2) is 13.6 Å². The number of primary sulfonamides is 1. The lowest BCUT2D eigenvalue weighted by Crippen LogP contribution is -2.23.